The summed E-state index contributed by atoms with van der Waals surface area (Å²) >= 11 is 0. The van der Waals surface area contributed by atoms with Gasteiger partial charge in [-0.05, 0) is 47.4 Å². The molecule has 10 nitrogen and oxygen atoms in total. The lowest BCUT2D eigenvalue weighted by Gasteiger charge is -2.31. The quantitative estimate of drug-likeness (QED) is 0.612. The Bertz CT molecular complexity index is 1210. The second-order valence-electron chi connectivity index (χ2n) is 7.15. The van der Waals surface area contributed by atoms with Gasteiger partial charge in [0.15, 0.2) is 5.52 Å². The smallest absolute Gasteiger partial charge is 0.245 e. The molecule has 0 radical (unpaired) electrons. The lowest BCUT2D eigenvalue weighted by atomic mass is 9.98. The number of ether oxygens (including phenoxy) is 2. The fourth-order valence-electron chi connectivity index (χ4n) is 3.65. The highest BCUT2D eigenvalue weighted by Crippen LogP contribution is 2.31. The Morgan fingerprint density at radius 2 is 2.03 bits per heavy atom. The number of benzene rings is 2. The van der Waals surface area contributed by atoms with Crippen molar-refractivity contribution in [3.8, 4) is 11.5 Å². The summed E-state index contributed by atoms with van der Waals surface area (Å²) in [6.07, 6.45) is 1.12. The number of carbonyl (C=O) groups excluding carboxylic acids is 1. The molecule has 4 rings (SSSR count). The van der Waals surface area contributed by atoms with E-state index in [4.69, 9.17) is 9.47 Å². The summed E-state index contributed by atoms with van der Waals surface area (Å²) < 4.78 is 43.0. The van der Waals surface area contributed by atoms with Crippen LogP contribution in [0.2, 0.25) is 0 Å². The molecule has 1 saturated heterocycles. The first-order valence-corrected chi connectivity index (χ1v) is 11.1. The fourth-order valence-corrected chi connectivity index (χ4v) is 5.31. The van der Waals surface area contributed by atoms with Gasteiger partial charge in [0.1, 0.15) is 21.9 Å². The van der Waals surface area contributed by atoms with Crippen molar-refractivity contribution in [2.75, 3.05) is 32.6 Å². The summed E-state index contributed by atoms with van der Waals surface area (Å²) in [6.45, 7) is 0.373. The highest BCUT2D eigenvalue weighted by atomic mass is 32.2. The Balaban J connectivity index is 1.55. The van der Waals surface area contributed by atoms with Crippen LogP contribution in [0.3, 0.4) is 0 Å². The van der Waals surface area contributed by atoms with Crippen molar-refractivity contribution < 1.29 is 27.3 Å². The Labute approximate surface area is 179 Å². The zero-order valence-corrected chi connectivity index (χ0v) is 17.9. The van der Waals surface area contributed by atoms with E-state index in [2.05, 4.69) is 20.3 Å². The van der Waals surface area contributed by atoms with E-state index in [-0.39, 0.29) is 22.9 Å². The van der Waals surface area contributed by atoms with Gasteiger partial charge in [0.05, 0.1) is 25.8 Å². The van der Waals surface area contributed by atoms with Crippen LogP contribution in [0.4, 0.5) is 5.69 Å². The normalized spacial score (nSPS) is 17.4. The third kappa shape index (κ3) is 4.06. The first-order valence-electron chi connectivity index (χ1n) is 9.68. The molecule has 1 aliphatic heterocycles. The number of sulfonamides is 1. The van der Waals surface area contributed by atoms with Crippen LogP contribution in [0.5, 0.6) is 11.5 Å². The third-order valence-corrected chi connectivity index (χ3v) is 7.18. The Hall–Kier alpha value is -3.18. The van der Waals surface area contributed by atoms with Gasteiger partial charge in [-0.25, -0.2) is 13.0 Å². The molecule has 1 atom stereocenters. The standard InChI is InChI=1S/C20H22N4O6S/c1-28-14-8-9-17(29-2)16(11-14)21-20(25)13-5-4-10-24(12-13)31(26,27)18-7-3-6-15-19(18)23-30-22-15/h3,6-9,11,13H,4-5,10,12H2,1-2H3,(H,21,25)/t13-/m1/s1. The maximum atomic E-state index is 13.3. The average Bonchev–Trinajstić information content (AvgIpc) is 3.28. The number of piperidine rings is 1. The molecule has 1 N–H and O–H groups in total. The number of methoxy groups -OCH3 is 2. The van der Waals surface area contributed by atoms with E-state index >= 15 is 0 Å². The summed E-state index contributed by atoms with van der Waals surface area (Å²) in [4.78, 5) is 13.0. The van der Waals surface area contributed by atoms with Gasteiger partial charge in [-0.3, -0.25) is 4.79 Å². The molecular weight excluding hydrogens is 424 g/mol. The van der Waals surface area contributed by atoms with Crippen LogP contribution in [-0.4, -0.2) is 56.3 Å². The lowest BCUT2D eigenvalue weighted by Crippen LogP contribution is -2.43. The molecule has 1 aromatic heterocycles. The molecule has 1 aliphatic rings. The Morgan fingerprint density at radius 1 is 1.19 bits per heavy atom. The topological polar surface area (TPSA) is 124 Å². The minimum atomic E-state index is -3.88. The molecule has 0 unspecified atom stereocenters. The molecule has 1 fully saturated rings. The van der Waals surface area contributed by atoms with E-state index in [1.165, 1.54) is 24.6 Å². The van der Waals surface area contributed by atoms with Gasteiger partial charge >= 0.3 is 0 Å². The molecule has 164 valence electrons. The Morgan fingerprint density at radius 3 is 2.81 bits per heavy atom. The molecule has 0 bridgehead atoms. The zero-order chi connectivity index (χ0) is 22.0. The van der Waals surface area contributed by atoms with Gasteiger partial charge in [0, 0.05) is 19.2 Å². The maximum absolute atomic E-state index is 13.3. The molecule has 0 saturated carbocycles. The van der Waals surface area contributed by atoms with E-state index in [1.54, 1.807) is 30.3 Å². The van der Waals surface area contributed by atoms with Crippen LogP contribution in [0.25, 0.3) is 11.0 Å². The number of aromatic nitrogens is 2. The first-order chi connectivity index (χ1) is 14.9. The van der Waals surface area contributed by atoms with Gasteiger partial charge in [0.25, 0.3) is 0 Å². The fraction of sp³-hybridized carbons (Fsp3) is 0.350. The van der Waals surface area contributed by atoms with Crippen LogP contribution in [-0.2, 0) is 14.8 Å². The van der Waals surface area contributed by atoms with Gasteiger partial charge < -0.3 is 14.8 Å². The van der Waals surface area contributed by atoms with Crippen molar-refractivity contribution in [3.63, 3.8) is 0 Å². The SMILES string of the molecule is COc1ccc(OC)c(NC(=O)[C@@H]2CCCN(S(=O)(=O)c3cccc4nonc34)C2)c1. The number of anilines is 1. The number of amides is 1. The molecule has 0 aliphatic carbocycles. The second kappa shape index (κ2) is 8.52. The largest absolute Gasteiger partial charge is 0.497 e. The molecule has 11 heteroatoms. The maximum Gasteiger partial charge on any atom is 0.245 e. The highest BCUT2D eigenvalue weighted by molar-refractivity contribution is 7.89. The summed E-state index contributed by atoms with van der Waals surface area (Å²) in [5.41, 5.74) is 0.998. The van der Waals surface area contributed by atoms with E-state index in [9.17, 15) is 13.2 Å². The van der Waals surface area contributed by atoms with Crippen LogP contribution in [0.1, 0.15) is 12.8 Å². The van der Waals surface area contributed by atoms with Crippen molar-refractivity contribution in [3.05, 3.63) is 36.4 Å². The summed E-state index contributed by atoms with van der Waals surface area (Å²) in [7, 11) is -0.840. The minimum absolute atomic E-state index is 0.0155. The monoisotopic (exact) mass is 446 g/mol. The average molecular weight is 446 g/mol. The summed E-state index contributed by atoms with van der Waals surface area (Å²) in [5, 5.41) is 10.3. The predicted molar refractivity (Wildman–Crippen MR) is 111 cm³/mol. The second-order valence-corrected chi connectivity index (χ2v) is 9.05. The number of fused-ring (bicyclic) bond motifs is 1. The molecule has 1 amide bonds. The van der Waals surface area contributed by atoms with E-state index in [0.717, 1.165) is 0 Å². The van der Waals surface area contributed by atoms with Gasteiger partial charge in [-0.1, -0.05) is 6.07 Å². The van der Waals surface area contributed by atoms with Crippen molar-refractivity contribution in [2.45, 2.75) is 17.7 Å². The lowest BCUT2D eigenvalue weighted by molar-refractivity contribution is -0.120. The highest BCUT2D eigenvalue weighted by Gasteiger charge is 2.35. The van der Waals surface area contributed by atoms with Gasteiger partial charge in [-0.2, -0.15) is 4.31 Å². The molecule has 0 spiro atoms. The predicted octanol–water partition coefficient (Wildman–Crippen LogP) is 2.28. The number of nitrogens with one attached hydrogen (secondary N) is 1. The van der Waals surface area contributed by atoms with Crippen molar-refractivity contribution in [1.82, 2.24) is 14.6 Å². The first kappa shape index (κ1) is 21.1. The zero-order valence-electron chi connectivity index (χ0n) is 17.1. The number of hydrogen-bond acceptors (Lipinski definition) is 8. The summed E-state index contributed by atoms with van der Waals surface area (Å²) in [6, 6.07) is 9.75. The van der Waals surface area contributed by atoms with Crippen molar-refractivity contribution in [1.29, 1.82) is 0 Å². The molecule has 3 aromatic rings. The molecule has 31 heavy (non-hydrogen) atoms. The molecule has 2 aromatic carbocycles. The van der Waals surface area contributed by atoms with Crippen LogP contribution in [0.15, 0.2) is 45.9 Å². The third-order valence-electron chi connectivity index (χ3n) is 5.29. The van der Waals surface area contributed by atoms with Crippen LogP contribution < -0.4 is 14.8 Å². The van der Waals surface area contributed by atoms with Gasteiger partial charge in [-0.15, -0.1) is 0 Å². The molecular formula is C20H22N4O6S. The van der Waals surface area contributed by atoms with E-state index < -0.39 is 15.9 Å². The van der Waals surface area contributed by atoms with E-state index in [0.29, 0.717) is 42.1 Å². The number of hydrogen-bond donors (Lipinski definition) is 1. The molecule has 2 heterocycles. The van der Waals surface area contributed by atoms with E-state index in [1.807, 2.05) is 0 Å². The van der Waals surface area contributed by atoms with Crippen LogP contribution >= 0.6 is 0 Å². The van der Waals surface area contributed by atoms with Crippen LogP contribution in [0, 0.1) is 5.92 Å². The van der Waals surface area contributed by atoms with Crippen molar-refractivity contribution >= 4 is 32.7 Å². The van der Waals surface area contributed by atoms with Crippen molar-refractivity contribution in [2.24, 2.45) is 5.92 Å². The minimum Gasteiger partial charge on any atom is -0.497 e. The van der Waals surface area contributed by atoms with Gasteiger partial charge in [0.2, 0.25) is 15.9 Å². The summed E-state index contributed by atoms with van der Waals surface area (Å²) in [5.74, 6) is 0.250. The number of carbonyl (C=O) groups is 1. The Kier molecular flexibility index (Phi) is 5.79. The number of nitrogens with zero attached hydrogens (tertiary/aromatic N) is 3. The number of rotatable bonds is 6.